The highest BCUT2D eigenvalue weighted by atomic mass is 32.2. The van der Waals surface area contributed by atoms with Crippen LogP contribution in [-0.4, -0.2) is 34.0 Å². The molecular formula is C20H26N2O4S. The van der Waals surface area contributed by atoms with E-state index in [1.807, 2.05) is 37.3 Å². The van der Waals surface area contributed by atoms with Crippen molar-refractivity contribution in [3.8, 4) is 0 Å². The predicted octanol–water partition coefficient (Wildman–Crippen LogP) is 2.64. The molecule has 0 saturated heterocycles. The average Bonchev–Trinajstić information content (AvgIpc) is 2.69. The number of amides is 1. The van der Waals surface area contributed by atoms with Crippen molar-refractivity contribution in [2.24, 2.45) is 0 Å². The minimum absolute atomic E-state index is 0.00861. The van der Waals surface area contributed by atoms with Gasteiger partial charge in [-0.1, -0.05) is 48.5 Å². The maximum Gasteiger partial charge on any atom is 0.240 e. The van der Waals surface area contributed by atoms with E-state index in [4.69, 9.17) is 4.74 Å². The van der Waals surface area contributed by atoms with Crippen molar-refractivity contribution in [1.29, 1.82) is 0 Å². The summed E-state index contributed by atoms with van der Waals surface area (Å²) < 4.78 is 32.2. The molecule has 6 nitrogen and oxygen atoms in total. The quantitative estimate of drug-likeness (QED) is 0.578. The lowest BCUT2D eigenvalue weighted by atomic mass is 10.1. The zero-order chi connectivity index (χ0) is 19.5. The van der Waals surface area contributed by atoms with Crippen molar-refractivity contribution in [2.45, 2.75) is 30.8 Å². The van der Waals surface area contributed by atoms with Gasteiger partial charge in [0.2, 0.25) is 15.9 Å². The van der Waals surface area contributed by atoms with Gasteiger partial charge in [-0.15, -0.1) is 0 Å². The second-order valence-corrected chi connectivity index (χ2v) is 7.85. The first-order valence-corrected chi connectivity index (χ1v) is 10.5. The predicted molar refractivity (Wildman–Crippen MR) is 105 cm³/mol. The first-order valence-electron chi connectivity index (χ1n) is 8.97. The molecule has 1 amide bonds. The minimum atomic E-state index is -3.57. The maximum atomic E-state index is 12.0. The number of ether oxygens (including phenoxy) is 1. The van der Waals surface area contributed by atoms with Gasteiger partial charge in [0.15, 0.2) is 0 Å². The molecule has 2 N–H and O–H groups in total. The first-order chi connectivity index (χ1) is 13.0. The summed E-state index contributed by atoms with van der Waals surface area (Å²) >= 11 is 0. The van der Waals surface area contributed by atoms with Crippen molar-refractivity contribution in [1.82, 2.24) is 10.0 Å². The lowest BCUT2D eigenvalue weighted by molar-refractivity contribution is -0.120. The van der Waals surface area contributed by atoms with Crippen LogP contribution in [0.15, 0.2) is 65.6 Å². The average molecular weight is 391 g/mol. The zero-order valence-corrected chi connectivity index (χ0v) is 16.2. The Labute approximate surface area is 161 Å². The molecule has 1 atom stereocenters. The Hall–Kier alpha value is -2.22. The smallest absolute Gasteiger partial charge is 0.240 e. The molecule has 2 rings (SSSR count). The number of hydrogen-bond acceptors (Lipinski definition) is 4. The van der Waals surface area contributed by atoms with Crippen molar-refractivity contribution in [3.63, 3.8) is 0 Å². The molecule has 146 valence electrons. The Bertz CT molecular complexity index is 795. The van der Waals surface area contributed by atoms with Crippen molar-refractivity contribution < 1.29 is 17.9 Å². The fourth-order valence-electron chi connectivity index (χ4n) is 2.45. The van der Waals surface area contributed by atoms with E-state index in [-0.39, 0.29) is 29.9 Å². The Kier molecular flexibility index (Phi) is 8.44. The SMILES string of the molecule is CC(OCCCNC(=O)CCNS(=O)(=O)c1ccccc1)c1ccccc1. The molecule has 2 aromatic rings. The molecule has 0 saturated carbocycles. The topological polar surface area (TPSA) is 84.5 Å². The van der Waals surface area contributed by atoms with Gasteiger partial charge in [0.05, 0.1) is 11.0 Å². The molecular weight excluding hydrogens is 364 g/mol. The third kappa shape index (κ3) is 7.50. The van der Waals surface area contributed by atoms with Gasteiger partial charge >= 0.3 is 0 Å². The molecule has 0 aliphatic carbocycles. The number of sulfonamides is 1. The van der Waals surface area contributed by atoms with Crippen molar-refractivity contribution >= 4 is 15.9 Å². The van der Waals surface area contributed by atoms with Crippen LogP contribution in [0.25, 0.3) is 0 Å². The summed E-state index contributed by atoms with van der Waals surface area (Å²) in [5.74, 6) is -0.193. The Morgan fingerprint density at radius 1 is 1.00 bits per heavy atom. The molecule has 0 fully saturated rings. The van der Waals surface area contributed by atoms with Crippen LogP contribution in [-0.2, 0) is 19.6 Å². The van der Waals surface area contributed by atoms with E-state index in [0.29, 0.717) is 19.6 Å². The summed E-state index contributed by atoms with van der Waals surface area (Å²) in [4.78, 5) is 12.0. The number of carbonyl (C=O) groups excluding carboxylic acids is 1. The number of benzene rings is 2. The molecule has 0 aromatic heterocycles. The summed E-state index contributed by atoms with van der Waals surface area (Å²) in [5, 5.41) is 2.77. The Morgan fingerprint density at radius 2 is 1.63 bits per heavy atom. The monoisotopic (exact) mass is 390 g/mol. The van der Waals surface area contributed by atoms with Crippen LogP contribution in [0.4, 0.5) is 0 Å². The van der Waals surface area contributed by atoms with Gasteiger partial charge in [0.25, 0.3) is 0 Å². The molecule has 27 heavy (non-hydrogen) atoms. The fraction of sp³-hybridized carbons (Fsp3) is 0.350. The van der Waals surface area contributed by atoms with Crippen LogP contribution < -0.4 is 10.0 Å². The molecule has 0 aliphatic heterocycles. The second kappa shape index (κ2) is 10.8. The zero-order valence-electron chi connectivity index (χ0n) is 15.4. The number of hydrogen-bond donors (Lipinski definition) is 2. The van der Waals surface area contributed by atoms with E-state index in [2.05, 4.69) is 10.0 Å². The van der Waals surface area contributed by atoms with Gasteiger partial charge in [-0.05, 0) is 31.0 Å². The molecule has 1 unspecified atom stereocenters. The highest BCUT2D eigenvalue weighted by molar-refractivity contribution is 7.89. The third-order valence-electron chi connectivity index (χ3n) is 3.98. The van der Waals surface area contributed by atoms with Crippen LogP contribution in [0.1, 0.15) is 31.4 Å². The van der Waals surface area contributed by atoms with Gasteiger partial charge in [-0.3, -0.25) is 4.79 Å². The van der Waals surface area contributed by atoms with Gasteiger partial charge in [-0.25, -0.2) is 13.1 Å². The lowest BCUT2D eigenvalue weighted by Crippen LogP contribution is -2.31. The van der Waals surface area contributed by atoms with E-state index in [1.165, 1.54) is 12.1 Å². The third-order valence-corrected chi connectivity index (χ3v) is 5.45. The van der Waals surface area contributed by atoms with Crippen LogP contribution in [0.2, 0.25) is 0 Å². The summed E-state index contributed by atoms with van der Waals surface area (Å²) in [7, 11) is -3.57. The largest absolute Gasteiger partial charge is 0.374 e. The second-order valence-electron chi connectivity index (χ2n) is 6.09. The van der Waals surface area contributed by atoms with Crippen molar-refractivity contribution in [3.05, 3.63) is 66.2 Å². The number of carbonyl (C=O) groups is 1. The van der Waals surface area contributed by atoms with Crippen LogP contribution in [0.5, 0.6) is 0 Å². The molecule has 0 spiro atoms. The van der Waals surface area contributed by atoms with Gasteiger partial charge in [0.1, 0.15) is 0 Å². The van der Waals surface area contributed by atoms with Crippen LogP contribution >= 0.6 is 0 Å². The van der Waals surface area contributed by atoms with Crippen LogP contribution in [0.3, 0.4) is 0 Å². The summed E-state index contributed by atoms with van der Waals surface area (Å²) in [6.07, 6.45) is 0.792. The normalized spacial score (nSPS) is 12.5. The van der Waals surface area contributed by atoms with Crippen molar-refractivity contribution in [2.75, 3.05) is 19.7 Å². The molecule has 0 aliphatic rings. The number of nitrogens with one attached hydrogen (secondary N) is 2. The van der Waals surface area contributed by atoms with E-state index in [1.54, 1.807) is 18.2 Å². The number of rotatable bonds is 11. The van der Waals surface area contributed by atoms with E-state index >= 15 is 0 Å². The van der Waals surface area contributed by atoms with Gasteiger partial charge in [0, 0.05) is 26.1 Å². The molecule has 2 aromatic carbocycles. The van der Waals surface area contributed by atoms with Gasteiger partial charge in [-0.2, -0.15) is 0 Å². The standard InChI is InChI=1S/C20H26N2O4S/c1-17(18-9-4-2-5-10-18)26-16-8-14-21-20(23)13-15-22-27(24,25)19-11-6-3-7-12-19/h2-7,9-12,17,22H,8,13-16H2,1H3,(H,21,23). The highest BCUT2D eigenvalue weighted by Crippen LogP contribution is 2.15. The molecule has 7 heteroatoms. The summed E-state index contributed by atoms with van der Waals surface area (Å²) in [6.45, 7) is 3.08. The van der Waals surface area contributed by atoms with E-state index < -0.39 is 10.0 Å². The highest BCUT2D eigenvalue weighted by Gasteiger charge is 2.13. The van der Waals surface area contributed by atoms with Gasteiger partial charge < -0.3 is 10.1 Å². The van der Waals surface area contributed by atoms with Crippen LogP contribution in [0, 0.1) is 0 Å². The van der Waals surface area contributed by atoms with E-state index in [9.17, 15) is 13.2 Å². The molecule has 0 bridgehead atoms. The summed E-state index contributed by atoms with van der Waals surface area (Å²) in [5.41, 5.74) is 1.12. The maximum absolute atomic E-state index is 12.0. The fourth-order valence-corrected chi connectivity index (χ4v) is 3.50. The Balaban J connectivity index is 1.57. The first kappa shape index (κ1) is 21.1. The lowest BCUT2D eigenvalue weighted by Gasteiger charge is -2.13. The Morgan fingerprint density at radius 3 is 2.30 bits per heavy atom. The minimum Gasteiger partial charge on any atom is -0.374 e. The van der Waals surface area contributed by atoms with E-state index in [0.717, 1.165) is 5.56 Å². The molecule has 0 radical (unpaired) electrons. The molecule has 0 heterocycles. The summed E-state index contributed by atoms with van der Waals surface area (Å²) in [6, 6.07) is 18.0.